The minimum Gasteiger partial charge on any atom is -0.785 e. The molecule has 1 radical (unpaired) electrons. The fraction of sp³-hybridized carbons (Fsp3) is 0.667. The predicted octanol–water partition coefficient (Wildman–Crippen LogP) is 0.120. The minimum atomic E-state index is 0. The molecule has 39 valence electrons. The smallest absolute Gasteiger partial charge is 0.106 e. The summed E-state index contributed by atoms with van der Waals surface area (Å²) in [6.07, 6.45) is 0. The standard InChI is InChI=1S/C3H6OS.Rh/c1-3(4)2-5;/h5H,2H2,1H3;/p-1. The summed E-state index contributed by atoms with van der Waals surface area (Å²) in [5.74, 6) is 0.319. The van der Waals surface area contributed by atoms with Crippen LogP contribution in [0.15, 0.2) is 0 Å². The van der Waals surface area contributed by atoms with E-state index in [0.717, 1.165) is 0 Å². The van der Waals surface area contributed by atoms with Gasteiger partial charge in [-0.05, 0) is 6.92 Å². The molecule has 0 amide bonds. The maximum atomic E-state index is 9.71. The van der Waals surface area contributed by atoms with E-state index in [1.54, 1.807) is 0 Å². The van der Waals surface area contributed by atoms with E-state index in [-0.39, 0.29) is 31.0 Å². The molecule has 0 saturated carbocycles. The monoisotopic (exact) mass is 192 g/mol. The summed E-state index contributed by atoms with van der Waals surface area (Å²) in [5.41, 5.74) is 0. The Hall–Kier alpha value is 0.643. The van der Waals surface area contributed by atoms with E-state index in [9.17, 15) is 4.79 Å². The number of ketones is 1. The van der Waals surface area contributed by atoms with Crippen molar-refractivity contribution in [2.45, 2.75) is 6.92 Å². The van der Waals surface area contributed by atoms with Gasteiger partial charge in [-0.2, -0.15) is 0 Å². The average molecular weight is 192 g/mol. The molecule has 0 aliphatic heterocycles. The van der Waals surface area contributed by atoms with Crippen LogP contribution in [0.2, 0.25) is 0 Å². The van der Waals surface area contributed by atoms with Crippen LogP contribution >= 0.6 is 0 Å². The zero-order valence-electron chi connectivity index (χ0n) is 3.36. The Morgan fingerprint density at radius 2 is 2.00 bits per heavy atom. The van der Waals surface area contributed by atoms with Crippen molar-refractivity contribution in [3.63, 3.8) is 0 Å². The van der Waals surface area contributed by atoms with Crippen molar-refractivity contribution < 1.29 is 24.3 Å². The Morgan fingerprint density at radius 3 is 2.00 bits per heavy atom. The van der Waals surface area contributed by atoms with Crippen LogP contribution in [0.25, 0.3) is 0 Å². The third kappa shape index (κ3) is 8.82. The molecule has 1 nitrogen and oxygen atoms in total. The van der Waals surface area contributed by atoms with Gasteiger partial charge >= 0.3 is 0 Å². The Morgan fingerprint density at radius 1 is 1.83 bits per heavy atom. The van der Waals surface area contributed by atoms with Crippen LogP contribution in [0.1, 0.15) is 6.92 Å². The number of Topliss-reactive ketones (excluding diaryl/α,β-unsaturated/α-hetero) is 1. The van der Waals surface area contributed by atoms with E-state index >= 15 is 0 Å². The van der Waals surface area contributed by atoms with E-state index in [2.05, 4.69) is 12.6 Å². The minimum absolute atomic E-state index is 0. The van der Waals surface area contributed by atoms with E-state index in [1.165, 1.54) is 6.92 Å². The van der Waals surface area contributed by atoms with Crippen molar-refractivity contribution in [1.82, 2.24) is 0 Å². The SMILES string of the molecule is CC(=O)C[S-].[Rh]. The van der Waals surface area contributed by atoms with Crippen molar-refractivity contribution in [2.24, 2.45) is 0 Å². The predicted molar refractivity (Wildman–Crippen MR) is 22.9 cm³/mol. The van der Waals surface area contributed by atoms with Crippen LogP contribution in [0.5, 0.6) is 0 Å². The second-order valence-corrected chi connectivity index (χ2v) is 1.14. The quantitative estimate of drug-likeness (QED) is 0.433. The van der Waals surface area contributed by atoms with Gasteiger partial charge in [0.15, 0.2) is 0 Å². The van der Waals surface area contributed by atoms with Gasteiger partial charge < -0.3 is 17.4 Å². The average Bonchev–Trinajstić information content (AvgIpc) is 1.38. The summed E-state index contributed by atoms with van der Waals surface area (Å²) in [7, 11) is 0. The van der Waals surface area contributed by atoms with Crippen molar-refractivity contribution in [3.05, 3.63) is 0 Å². The van der Waals surface area contributed by atoms with Gasteiger partial charge in [0.1, 0.15) is 5.78 Å². The zero-order chi connectivity index (χ0) is 4.28. The van der Waals surface area contributed by atoms with E-state index < -0.39 is 0 Å². The van der Waals surface area contributed by atoms with Crippen molar-refractivity contribution in [2.75, 3.05) is 5.75 Å². The number of rotatable bonds is 1. The fourth-order valence-electron chi connectivity index (χ4n) is 0. The molecule has 0 aliphatic carbocycles. The van der Waals surface area contributed by atoms with E-state index in [0.29, 0.717) is 0 Å². The second kappa shape index (κ2) is 5.64. The number of carbonyl (C=O) groups is 1. The number of hydrogen-bond acceptors (Lipinski definition) is 2. The van der Waals surface area contributed by atoms with Crippen molar-refractivity contribution in [1.29, 1.82) is 0 Å². The third-order valence-electron chi connectivity index (χ3n) is 0.203. The van der Waals surface area contributed by atoms with E-state index in [4.69, 9.17) is 0 Å². The molecule has 0 rings (SSSR count). The van der Waals surface area contributed by atoms with Gasteiger partial charge in [-0.25, -0.2) is 0 Å². The van der Waals surface area contributed by atoms with Gasteiger partial charge in [-0.1, -0.05) is 0 Å². The largest absolute Gasteiger partial charge is 0.785 e. The van der Waals surface area contributed by atoms with Gasteiger partial charge in [0.05, 0.1) is 0 Å². The Labute approximate surface area is 55.7 Å². The molecule has 0 fully saturated rings. The van der Waals surface area contributed by atoms with Crippen LogP contribution in [-0.4, -0.2) is 11.5 Å². The molecule has 0 saturated heterocycles. The first-order valence-electron chi connectivity index (χ1n) is 1.35. The molecule has 0 bridgehead atoms. The molecule has 0 aromatic heterocycles. The van der Waals surface area contributed by atoms with E-state index in [1.807, 2.05) is 0 Å². The molecular weight excluding hydrogens is 187 g/mol. The van der Waals surface area contributed by atoms with Crippen molar-refractivity contribution >= 4 is 18.4 Å². The summed E-state index contributed by atoms with van der Waals surface area (Å²) in [5, 5.41) is 0. The first-order valence-corrected chi connectivity index (χ1v) is 1.92. The van der Waals surface area contributed by atoms with Gasteiger partial charge in [0.2, 0.25) is 0 Å². The molecule has 0 heterocycles. The zero-order valence-corrected chi connectivity index (χ0v) is 5.81. The third-order valence-corrected chi connectivity index (χ3v) is 0.610. The van der Waals surface area contributed by atoms with Crippen LogP contribution in [0.3, 0.4) is 0 Å². The Kier molecular flexibility index (Phi) is 9.23. The topological polar surface area (TPSA) is 17.1 Å². The Balaban J connectivity index is 0. The Bertz CT molecular complexity index is 46.1. The molecule has 0 aromatic rings. The fourth-order valence-corrected chi connectivity index (χ4v) is 0. The van der Waals surface area contributed by atoms with Gasteiger partial charge in [-0.3, -0.25) is 0 Å². The van der Waals surface area contributed by atoms with Crippen molar-refractivity contribution in [3.8, 4) is 0 Å². The first kappa shape index (κ1) is 9.81. The molecule has 0 atom stereocenters. The summed E-state index contributed by atoms with van der Waals surface area (Å²) < 4.78 is 0. The number of carbonyl (C=O) groups excluding carboxylic acids is 1. The maximum absolute atomic E-state index is 9.71. The molecular formula is C3H5ORhS-. The molecule has 3 heteroatoms. The number of hydrogen-bond donors (Lipinski definition) is 0. The van der Waals surface area contributed by atoms with Crippen LogP contribution < -0.4 is 0 Å². The summed E-state index contributed by atoms with van der Waals surface area (Å²) in [4.78, 5) is 9.71. The van der Waals surface area contributed by atoms with Gasteiger partial charge in [0, 0.05) is 19.5 Å². The normalized spacial score (nSPS) is 6.33. The van der Waals surface area contributed by atoms with Gasteiger partial charge in [0.25, 0.3) is 0 Å². The summed E-state index contributed by atoms with van der Waals surface area (Å²) in [6.45, 7) is 1.48. The second-order valence-electron chi connectivity index (χ2n) is 0.846. The molecule has 0 aliphatic rings. The molecule has 6 heavy (non-hydrogen) atoms. The molecule has 0 N–H and O–H groups in total. The molecule has 0 spiro atoms. The van der Waals surface area contributed by atoms with Crippen LogP contribution in [0, 0.1) is 0 Å². The summed E-state index contributed by atoms with van der Waals surface area (Å²) in [6, 6.07) is 0. The first-order chi connectivity index (χ1) is 2.27. The van der Waals surface area contributed by atoms with Crippen LogP contribution in [-0.2, 0) is 36.9 Å². The maximum Gasteiger partial charge on any atom is 0.106 e. The summed E-state index contributed by atoms with van der Waals surface area (Å²) >= 11 is 4.33. The van der Waals surface area contributed by atoms with Gasteiger partial charge in [-0.15, -0.1) is 5.75 Å². The molecule has 0 unspecified atom stereocenters. The van der Waals surface area contributed by atoms with Crippen LogP contribution in [0.4, 0.5) is 0 Å². The molecule has 0 aromatic carbocycles.